The van der Waals surface area contributed by atoms with Crippen LogP contribution in [-0.2, 0) is 4.74 Å². The average molecular weight is 235 g/mol. The molecule has 15 heavy (non-hydrogen) atoms. The molecule has 0 radical (unpaired) electrons. The van der Waals surface area contributed by atoms with Crippen LogP contribution in [0.2, 0.25) is 5.15 Å². The van der Waals surface area contributed by atoms with E-state index in [1.54, 1.807) is 0 Å². The summed E-state index contributed by atoms with van der Waals surface area (Å²) in [5.41, 5.74) is 0. The molecule has 6 nitrogen and oxygen atoms in total. The lowest BCUT2D eigenvalue weighted by molar-refractivity contribution is 0.0858. The van der Waals surface area contributed by atoms with Crippen LogP contribution in [0.4, 0.5) is 4.79 Å². The van der Waals surface area contributed by atoms with Crippen LogP contribution in [0.1, 0.15) is 13.8 Å². The van der Waals surface area contributed by atoms with E-state index < -0.39 is 12.0 Å². The third-order valence-electron chi connectivity index (χ3n) is 1.33. The molecule has 0 amide bonds. The van der Waals surface area contributed by atoms with Crippen molar-refractivity contribution in [3.63, 3.8) is 0 Å². The smallest absolute Gasteiger partial charge is 0.491 e. The van der Waals surface area contributed by atoms with Gasteiger partial charge in [0.1, 0.15) is 0 Å². The van der Waals surface area contributed by atoms with E-state index in [9.17, 15) is 4.79 Å². The molecule has 0 fully saturated rings. The first-order valence-electron chi connectivity index (χ1n) is 4.28. The van der Waals surface area contributed by atoms with Gasteiger partial charge in [-0.3, -0.25) is 4.98 Å². The Morgan fingerprint density at radius 2 is 2.33 bits per heavy atom. The van der Waals surface area contributed by atoms with Gasteiger partial charge in [-0.2, -0.15) is 4.98 Å². The van der Waals surface area contributed by atoms with E-state index in [1.165, 1.54) is 0 Å². The standard InChI is InChI=1S/C8H11ClN2O4/c1-4(2)3-14-8(13)15-7-10-5(9)6(12)11-7/h4,12H,3H2,1-2H3,(H,10,11). The van der Waals surface area contributed by atoms with Crippen molar-refractivity contribution in [2.24, 2.45) is 5.92 Å². The molecular weight excluding hydrogens is 224 g/mol. The SMILES string of the molecule is CC(C)COC(=O)Oc1nc(O)c(Cl)[nH]1. The van der Waals surface area contributed by atoms with Gasteiger partial charge in [0, 0.05) is 0 Å². The van der Waals surface area contributed by atoms with Gasteiger partial charge < -0.3 is 14.6 Å². The van der Waals surface area contributed by atoms with Gasteiger partial charge in [-0.05, 0) is 5.92 Å². The van der Waals surface area contributed by atoms with Crippen LogP contribution in [0.3, 0.4) is 0 Å². The van der Waals surface area contributed by atoms with Gasteiger partial charge in [0.15, 0.2) is 5.15 Å². The first-order valence-corrected chi connectivity index (χ1v) is 4.66. The summed E-state index contributed by atoms with van der Waals surface area (Å²) >= 11 is 5.44. The minimum Gasteiger partial charge on any atom is -0.491 e. The predicted molar refractivity (Wildman–Crippen MR) is 52.1 cm³/mol. The number of nitrogens with one attached hydrogen (secondary N) is 1. The van der Waals surface area contributed by atoms with E-state index >= 15 is 0 Å². The van der Waals surface area contributed by atoms with E-state index in [0.717, 1.165) is 0 Å². The third kappa shape index (κ3) is 3.67. The van der Waals surface area contributed by atoms with Crippen molar-refractivity contribution in [3.8, 4) is 11.9 Å². The molecule has 0 aliphatic rings. The van der Waals surface area contributed by atoms with Gasteiger partial charge in [-0.15, -0.1) is 0 Å². The number of aromatic nitrogens is 2. The third-order valence-corrected chi connectivity index (χ3v) is 1.60. The Balaban J connectivity index is 2.44. The number of aromatic amines is 1. The number of ether oxygens (including phenoxy) is 2. The zero-order chi connectivity index (χ0) is 11.4. The van der Waals surface area contributed by atoms with Gasteiger partial charge in [-0.25, -0.2) is 4.79 Å². The molecule has 0 saturated carbocycles. The molecule has 1 heterocycles. The predicted octanol–water partition coefficient (Wildman–Crippen LogP) is 1.94. The lowest BCUT2D eigenvalue weighted by atomic mass is 10.2. The van der Waals surface area contributed by atoms with Gasteiger partial charge >= 0.3 is 12.2 Å². The van der Waals surface area contributed by atoms with Crippen LogP contribution >= 0.6 is 11.6 Å². The average Bonchev–Trinajstić information content (AvgIpc) is 2.42. The molecule has 0 saturated heterocycles. The second-order valence-electron chi connectivity index (χ2n) is 3.24. The first kappa shape index (κ1) is 11.6. The van der Waals surface area contributed by atoms with Gasteiger partial charge in [0.25, 0.3) is 5.88 Å². The number of imidazole rings is 1. The van der Waals surface area contributed by atoms with Crippen molar-refractivity contribution < 1.29 is 19.4 Å². The minimum absolute atomic E-state index is 0.0957. The van der Waals surface area contributed by atoms with Crippen molar-refractivity contribution in [1.29, 1.82) is 0 Å². The summed E-state index contributed by atoms with van der Waals surface area (Å²) in [7, 11) is 0. The monoisotopic (exact) mass is 234 g/mol. The number of carbonyl (C=O) groups is 1. The van der Waals surface area contributed by atoms with Crippen LogP contribution in [0.15, 0.2) is 0 Å². The van der Waals surface area contributed by atoms with Crippen LogP contribution in [0.25, 0.3) is 0 Å². The Hall–Kier alpha value is -1.43. The Kier molecular flexibility index (Phi) is 3.79. The minimum atomic E-state index is -0.894. The van der Waals surface area contributed by atoms with Crippen molar-refractivity contribution in [3.05, 3.63) is 5.15 Å². The molecule has 1 aromatic rings. The second-order valence-corrected chi connectivity index (χ2v) is 3.61. The van der Waals surface area contributed by atoms with Crippen LogP contribution in [-0.4, -0.2) is 27.8 Å². The highest BCUT2D eigenvalue weighted by Gasteiger charge is 2.13. The highest BCUT2D eigenvalue weighted by Crippen LogP contribution is 2.22. The first-order chi connectivity index (χ1) is 6.99. The zero-order valence-electron chi connectivity index (χ0n) is 8.28. The molecule has 0 atom stereocenters. The van der Waals surface area contributed by atoms with E-state index in [1.807, 2.05) is 13.8 Å². The molecule has 0 bridgehead atoms. The van der Waals surface area contributed by atoms with E-state index in [0.29, 0.717) is 0 Å². The quantitative estimate of drug-likeness (QED) is 0.781. The summed E-state index contributed by atoms with van der Waals surface area (Å²) in [6, 6.07) is -0.203. The van der Waals surface area contributed by atoms with Crippen molar-refractivity contribution in [2.75, 3.05) is 6.61 Å². The molecule has 0 unspecified atom stereocenters. The fraction of sp³-hybridized carbons (Fsp3) is 0.500. The summed E-state index contributed by atoms with van der Waals surface area (Å²) in [4.78, 5) is 16.8. The van der Waals surface area contributed by atoms with Crippen molar-refractivity contribution in [2.45, 2.75) is 13.8 Å². The molecule has 1 rings (SSSR count). The Morgan fingerprint density at radius 1 is 1.67 bits per heavy atom. The molecule has 0 aromatic carbocycles. The van der Waals surface area contributed by atoms with Crippen LogP contribution in [0.5, 0.6) is 11.9 Å². The maximum Gasteiger partial charge on any atom is 0.516 e. The lowest BCUT2D eigenvalue weighted by Gasteiger charge is -2.05. The molecule has 84 valence electrons. The Morgan fingerprint density at radius 3 is 2.80 bits per heavy atom. The highest BCUT2D eigenvalue weighted by atomic mass is 35.5. The van der Waals surface area contributed by atoms with Gasteiger partial charge in [-0.1, -0.05) is 25.4 Å². The summed E-state index contributed by atoms with van der Waals surface area (Å²) < 4.78 is 9.30. The van der Waals surface area contributed by atoms with Gasteiger partial charge in [0.2, 0.25) is 0 Å². The summed E-state index contributed by atoms with van der Waals surface area (Å²) in [5.74, 6) is -0.213. The van der Waals surface area contributed by atoms with E-state index in [-0.39, 0.29) is 23.7 Å². The molecule has 0 aliphatic carbocycles. The Labute approximate surface area is 91.2 Å². The largest absolute Gasteiger partial charge is 0.516 e. The lowest BCUT2D eigenvalue weighted by Crippen LogP contribution is -2.14. The fourth-order valence-electron chi connectivity index (χ4n) is 0.714. The van der Waals surface area contributed by atoms with E-state index in [2.05, 4.69) is 14.7 Å². The molecular formula is C8H11ClN2O4. The fourth-order valence-corrected chi connectivity index (χ4v) is 0.838. The maximum atomic E-state index is 11.0. The van der Waals surface area contributed by atoms with Crippen LogP contribution in [0, 0.1) is 5.92 Å². The molecule has 2 N–H and O–H groups in total. The highest BCUT2D eigenvalue weighted by molar-refractivity contribution is 6.30. The summed E-state index contributed by atoms with van der Waals surface area (Å²) in [6.45, 7) is 4.03. The van der Waals surface area contributed by atoms with Crippen molar-refractivity contribution >= 4 is 17.8 Å². The van der Waals surface area contributed by atoms with Gasteiger partial charge in [0.05, 0.1) is 6.61 Å². The number of H-pyrrole nitrogens is 1. The zero-order valence-corrected chi connectivity index (χ0v) is 9.04. The second kappa shape index (κ2) is 4.88. The topological polar surface area (TPSA) is 84.4 Å². The van der Waals surface area contributed by atoms with Crippen molar-refractivity contribution in [1.82, 2.24) is 9.97 Å². The maximum absolute atomic E-state index is 11.0. The number of halogens is 1. The van der Waals surface area contributed by atoms with E-state index in [4.69, 9.17) is 21.4 Å². The molecule has 0 spiro atoms. The molecule has 7 heteroatoms. The number of rotatable bonds is 3. The number of hydrogen-bond donors (Lipinski definition) is 2. The van der Waals surface area contributed by atoms with Crippen LogP contribution < -0.4 is 4.74 Å². The summed E-state index contributed by atoms with van der Waals surface area (Å²) in [6.07, 6.45) is -0.894. The number of nitrogens with zero attached hydrogens (tertiary/aromatic N) is 1. The molecule has 0 aliphatic heterocycles. The molecule has 1 aromatic heterocycles. The Bertz CT molecular complexity index is 331. The number of hydrogen-bond acceptors (Lipinski definition) is 5. The summed E-state index contributed by atoms with van der Waals surface area (Å²) in [5, 5.41) is 8.87. The normalized spacial score (nSPS) is 10.4. The number of aromatic hydroxyl groups is 1. The number of carbonyl (C=O) groups excluding carboxylic acids is 1.